The van der Waals surface area contributed by atoms with E-state index in [1.54, 1.807) is 11.0 Å². The van der Waals surface area contributed by atoms with Crippen LogP contribution in [-0.2, 0) is 29.0 Å². The van der Waals surface area contributed by atoms with Crippen LogP contribution in [0.2, 0.25) is 10.0 Å². The number of fused-ring (bicyclic) bond motifs is 3. The summed E-state index contributed by atoms with van der Waals surface area (Å²) in [5.74, 6) is -0.328. The van der Waals surface area contributed by atoms with Gasteiger partial charge in [-0.2, -0.15) is 0 Å². The Hall–Kier alpha value is -2.50. The maximum Gasteiger partial charge on any atom is 0.245 e. The van der Waals surface area contributed by atoms with E-state index < -0.39 is 6.04 Å². The predicted octanol–water partition coefficient (Wildman–Crippen LogP) is 4.11. The molecule has 1 atom stereocenters. The molecule has 1 unspecified atom stereocenters. The summed E-state index contributed by atoms with van der Waals surface area (Å²) in [5.41, 5.74) is 4.15. The molecule has 1 aromatic heterocycles. The highest BCUT2D eigenvalue weighted by atomic mass is 35.5. The van der Waals surface area contributed by atoms with Crippen LogP contribution in [0.25, 0.3) is 10.9 Å². The Labute approximate surface area is 179 Å². The number of aromatic nitrogens is 1. The third-order valence-electron chi connectivity index (χ3n) is 5.25. The van der Waals surface area contributed by atoms with Crippen LogP contribution >= 0.6 is 23.2 Å². The summed E-state index contributed by atoms with van der Waals surface area (Å²) in [4.78, 5) is 30.2. The number of H-pyrrole nitrogens is 1. The molecule has 4 rings (SSSR count). The van der Waals surface area contributed by atoms with Crippen LogP contribution in [0.4, 0.5) is 0 Å². The van der Waals surface area contributed by atoms with E-state index in [0.717, 1.165) is 28.6 Å². The third kappa shape index (κ3) is 4.26. The Morgan fingerprint density at radius 3 is 2.72 bits per heavy atom. The van der Waals surface area contributed by atoms with Crippen LogP contribution in [0.5, 0.6) is 0 Å². The fourth-order valence-electron chi connectivity index (χ4n) is 3.97. The monoisotopic (exact) mass is 429 g/mol. The fraction of sp³-hybridized carbons (Fsp3) is 0.273. The lowest BCUT2D eigenvalue weighted by Gasteiger charge is -2.31. The maximum absolute atomic E-state index is 13.2. The van der Waals surface area contributed by atoms with Crippen molar-refractivity contribution in [3.8, 4) is 0 Å². The van der Waals surface area contributed by atoms with Crippen LogP contribution in [0, 0.1) is 0 Å². The van der Waals surface area contributed by atoms with Crippen LogP contribution in [0.3, 0.4) is 0 Å². The summed E-state index contributed by atoms with van der Waals surface area (Å²) in [6.07, 6.45) is 1.13. The zero-order valence-electron chi connectivity index (χ0n) is 16.0. The van der Waals surface area contributed by atoms with Gasteiger partial charge in [-0.1, -0.05) is 35.3 Å². The van der Waals surface area contributed by atoms with Gasteiger partial charge >= 0.3 is 0 Å². The van der Waals surface area contributed by atoms with Gasteiger partial charge in [-0.05, 0) is 47.9 Å². The Bertz CT molecular complexity index is 1090. The summed E-state index contributed by atoms with van der Waals surface area (Å²) in [7, 11) is 0. The molecule has 0 saturated heterocycles. The number of nitrogens with zero attached hydrogens (tertiary/aromatic N) is 1. The Balaban J connectivity index is 1.56. The highest BCUT2D eigenvalue weighted by molar-refractivity contribution is 6.31. The number of hydrogen-bond donors (Lipinski definition) is 2. The first-order valence-corrected chi connectivity index (χ1v) is 10.3. The van der Waals surface area contributed by atoms with Gasteiger partial charge in [0.05, 0.1) is 6.54 Å². The standard InChI is InChI=1S/C22H21Cl2N3O2/c1-13(28)25-20(10-14-3-2-4-15(23)9-14)22(29)27-8-7-17-18-11-16(24)5-6-19(18)26-21(17)12-27/h2-6,9,11,20,26H,7-8,10,12H2,1H3,(H,25,28). The van der Waals surface area contributed by atoms with E-state index in [-0.39, 0.29) is 11.8 Å². The summed E-state index contributed by atoms with van der Waals surface area (Å²) in [6, 6.07) is 12.5. The van der Waals surface area contributed by atoms with Gasteiger partial charge in [0.2, 0.25) is 11.8 Å². The molecule has 150 valence electrons. The van der Waals surface area contributed by atoms with Crippen LogP contribution < -0.4 is 5.32 Å². The summed E-state index contributed by atoms with van der Waals surface area (Å²) in [5, 5.41) is 5.22. The molecule has 2 heterocycles. The summed E-state index contributed by atoms with van der Waals surface area (Å²) in [6.45, 7) is 2.50. The summed E-state index contributed by atoms with van der Waals surface area (Å²) >= 11 is 12.2. The van der Waals surface area contributed by atoms with Crippen LogP contribution in [0.1, 0.15) is 23.7 Å². The Morgan fingerprint density at radius 2 is 1.97 bits per heavy atom. The quantitative estimate of drug-likeness (QED) is 0.655. The lowest BCUT2D eigenvalue weighted by atomic mass is 10.0. The van der Waals surface area contributed by atoms with Crippen molar-refractivity contribution in [1.82, 2.24) is 15.2 Å². The zero-order valence-corrected chi connectivity index (χ0v) is 17.5. The van der Waals surface area contributed by atoms with E-state index in [1.807, 2.05) is 36.4 Å². The van der Waals surface area contributed by atoms with Crippen molar-refractivity contribution in [3.05, 3.63) is 69.3 Å². The summed E-state index contributed by atoms with van der Waals surface area (Å²) < 4.78 is 0. The molecule has 0 saturated carbocycles. The molecule has 0 bridgehead atoms. The average molecular weight is 430 g/mol. The molecule has 0 fully saturated rings. The van der Waals surface area contributed by atoms with Gasteiger partial charge < -0.3 is 15.2 Å². The molecule has 0 radical (unpaired) electrons. The van der Waals surface area contributed by atoms with Gasteiger partial charge in [-0.25, -0.2) is 0 Å². The second-order valence-corrected chi connectivity index (χ2v) is 8.24. The van der Waals surface area contributed by atoms with E-state index in [1.165, 1.54) is 12.5 Å². The number of benzene rings is 2. The van der Waals surface area contributed by atoms with E-state index >= 15 is 0 Å². The number of amides is 2. The molecule has 1 aliphatic rings. The van der Waals surface area contributed by atoms with Crippen molar-refractivity contribution in [2.24, 2.45) is 0 Å². The SMILES string of the molecule is CC(=O)NC(Cc1cccc(Cl)c1)C(=O)N1CCc2c([nH]c3ccc(Cl)cc23)C1. The van der Waals surface area contributed by atoms with Gasteiger partial charge in [0.25, 0.3) is 0 Å². The first-order valence-electron chi connectivity index (χ1n) is 9.50. The molecule has 2 amide bonds. The molecule has 3 aromatic rings. The average Bonchev–Trinajstić information content (AvgIpc) is 3.03. The molecule has 2 N–H and O–H groups in total. The minimum Gasteiger partial charge on any atom is -0.357 e. The molecule has 29 heavy (non-hydrogen) atoms. The predicted molar refractivity (Wildman–Crippen MR) is 115 cm³/mol. The second-order valence-electron chi connectivity index (χ2n) is 7.37. The fourth-order valence-corrected chi connectivity index (χ4v) is 4.35. The highest BCUT2D eigenvalue weighted by Crippen LogP contribution is 2.30. The number of nitrogens with one attached hydrogen (secondary N) is 2. The molecule has 0 spiro atoms. The highest BCUT2D eigenvalue weighted by Gasteiger charge is 2.29. The van der Waals surface area contributed by atoms with Gasteiger partial charge in [0.1, 0.15) is 6.04 Å². The second kappa shape index (κ2) is 8.09. The lowest BCUT2D eigenvalue weighted by molar-refractivity contribution is -0.136. The molecule has 5 nitrogen and oxygen atoms in total. The van der Waals surface area contributed by atoms with Crippen molar-refractivity contribution >= 4 is 45.9 Å². The number of halogens is 2. The lowest BCUT2D eigenvalue weighted by Crippen LogP contribution is -2.50. The first-order chi connectivity index (χ1) is 13.9. The van der Waals surface area contributed by atoms with E-state index in [9.17, 15) is 9.59 Å². The Morgan fingerprint density at radius 1 is 1.17 bits per heavy atom. The van der Waals surface area contributed by atoms with Gasteiger partial charge in [0.15, 0.2) is 0 Å². The van der Waals surface area contributed by atoms with Gasteiger partial charge in [-0.15, -0.1) is 0 Å². The van der Waals surface area contributed by atoms with Crippen LogP contribution in [0.15, 0.2) is 42.5 Å². The maximum atomic E-state index is 13.2. The Kier molecular flexibility index (Phi) is 5.52. The minimum absolute atomic E-state index is 0.0949. The minimum atomic E-state index is -0.633. The van der Waals surface area contributed by atoms with E-state index in [2.05, 4.69) is 10.3 Å². The third-order valence-corrected chi connectivity index (χ3v) is 5.72. The number of carbonyl (C=O) groups excluding carboxylic acids is 2. The van der Waals surface area contributed by atoms with Gasteiger partial charge in [0, 0.05) is 46.5 Å². The molecule has 0 aliphatic carbocycles. The van der Waals surface area contributed by atoms with Crippen molar-refractivity contribution < 1.29 is 9.59 Å². The molecule has 7 heteroatoms. The van der Waals surface area contributed by atoms with Crippen molar-refractivity contribution in [2.45, 2.75) is 32.4 Å². The van der Waals surface area contributed by atoms with Gasteiger partial charge in [-0.3, -0.25) is 9.59 Å². The number of rotatable bonds is 4. The smallest absolute Gasteiger partial charge is 0.245 e. The molecular formula is C22H21Cl2N3O2. The molecule has 2 aromatic carbocycles. The van der Waals surface area contributed by atoms with E-state index in [0.29, 0.717) is 29.6 Å². The number of carbonyl (C=O) groups is 2. The van der Waals surface area contributed by atoms with E-state index in [4.69, 9.17) is 23.2 Å². The normalized spacial score (nSPS) is 14.5. The zero-order chi connectivity index (χ0) is 20.5. The first kappa shape index (κ1) is 19.8. The topological polar surface area (TPSA) is 65.2 Å². The number of aromatic amines is 1. The molecule has 1 aliphatic heterocycles. The molecular weight excluding hydrogens is 409 g/mol. The number of hydrogen-bond acceptors (Lipinski definition) is 2. The van der Waals surface area contributed by atoms with Crippen LogP contribution in [-0.4, -0.2) is 34.3 Å². The largest absolute Gasteiger partial charge is 0.357 e. The van der Waals surface area contributed by atoms with Crippen molar-refractivity contribution in [1.29, 1.82) is 0 Å². The van der Waals surface area contributed by atoms with Crippen molar-refractivity contribution in [2.75, 3.05) is 6.54 Å². The van der Waals surface area contributed by atoms with Crippen molar-refractivity contribution in [3.63, 3.8) is 0 Å².